The summed E-state index contributed by atoms with van der Waals surface area (Å²) in [5.41, 5.74) is 1.64. The lowest BCUT2D eigenvalue weighted by atomic mass is 10.2. The number of ether oxygens (including phenoxy) is 2. The van der Waals surface area contributed by atoms with Gasteiger partial charge in [0, 0.05) is 0 Å². The summed E-state index contributed by atoms with van der Waals surface area (Å²) in [6.07, 6.45) is 1.75. The smallest absolute Gasteiger partial charge is 0.269 e. The van der Waals surface area contributed by atoms with Gasteiger partial charge in [-0.2, -0.15) is 4.98 Å². The van der Waals surface area contributed by atoms with E-state index < -0.39 is 0 Å². The zero-order chi connectivity index (χ0) is 16.9. The highest BCUT2D eigenvalue weighted by Crippen LogP contribution is 2.29. The first-order valence-electron chi connectivity index (χ1n) is 7.20. The minimum Gasteiger partial charge on any atom is -0.497 e. The second-order valence-corrected chi connectivity index (χ2v) is 5.30. The fourth-order valence-corrected chi connectivity index (χ4v) is 2.37. The van der Waals surface area contributed by atoms with Crippen molar-refractivity contribution in [1.82, 2.24) is 10.1 Å². The summed E-state index contributed by atoms with van der Waals surface area (Å²) in [6, 6.07) is 14.9. The van der Waals surface area contributed by atoms with Gasteiger partial charge >= 0.3 is 0 Å². The first-order chi connectivity index (χ1) is 11.7. The van der Waals surface area contributed by atoms with Gasteiger partial charge in [-0.15, -0.1) is 0 Å². The van der Waals surface area contributed by atoms with Crippen LogP contribution in [-0.2, 0) is 0 Å². The van der Waals surface area contributed by atoms with Crippen LogP contribution in [0.3, 0.4) is 0 Å². The Bertz CT molecular complexity index is 857. The first kappa shape index (κ1) is 16.1. The van der Waals surface area contributed by atoms with Crippen molar-refractivity contribution in [2.45, 2.75) is 0 Å². The average Bonchev–Trinajstić information content (AvgIpc) is 3.12. The van der Waals surface area contributed by atoms with E-state index in [1.165, 1.54) is 0 Å². The predicted octanol–water partition coefficient (Wildman–Crippen LogP) is 4.49. The third kappa shape index (κ3) is 3.41. The summed E-state index contributed by atoms with van der Waals surface area (Å²) in [7, 11) is 3.21. The second-order valence-electron chi connectivity index (χ2n) is 4.89. The molecule has 0 spiro atoms. The molecule has 0 radical (unpaired) electrons. The summed E-state index contributed by atoms with van der Waals surface area (Å²) in [6.45, 7) is 0. The second kappa shape index (κ2) is 7.19. The Hall–Kier alpha value is -2.79. The molecule has 0 saturated carbocycles. The van der Waals surface area contributed by atoms with Crippen molar-refractivity contribution in [2.75, 3.05) is 14.2 Å². The number of hydrogen-bond donors (Lipinski definition) is 0. The maximum absolute atomic E-state index is 6.29. The van der Waals surface area contributed by atoms with E-state index in [0.717, 1.165) is 16.9 Å². The summed E-state index contributed by atoms with van der Waals surface area (Å²) in [4.78, 5) is 4.34. The molecule has 2 aromatic carbocycles. The van der Waals surface area contributed by atoms with Gasteiger partial charge in [0.15, 0.2) is 0 Å². The summed E-state index contributed by atoms with van der Waals surface area (Å²) < 4.78 is 15.7. The summed E-state index contributed by atoms with van der Waals surface area (Å²) >= 11 is 6.29. The number of nitrogens with zero attached hydrogens (tertiary/aromatic N) is 2. The van der Waals surface area contributed by atoms with Gasteiger partial charge in [0.25, 0.3) is 5.89 Å². The Kier molecular flexibility index (Phi) is 4.82. The molecule has 0 aliphatic heterocycles. The van der Waals surface area contributed by atoms with Crippen LogP contribution >= 0.6 is 11.6 Å². The molecule has 0 saturated heterocycles. The fourth-order valence-electron chi connectivity index (χ4n) is 2.17. The van der Waals surface area contributed by atoms with E-state index in [-0.39, 0.29) is 5.89 Å². The molecule has 0 bridgehead atoms. The average molecular weight is 343 g/mol. The van der Waals surface area contributed by atoms with Gasteiger partial charge < -0.3 is 14.0 Å². The molecule has 0 aliphatic carbocycles. The first-order valence-corrected chi connectivity index (χ1v) is 7.58. The Morgan fingerprint density at radius 2 is 1.79 bits per heavy atom. The summed E-state index contributed by atoms with van der Waals surface area (Å²) in [5.74, 6) is 2.11. The van der Waals surface area contributed by atoms with Gasteiger partial charge in [0.2, 0.25) is 5.82 Å². The number of aromatic nitrogens is 2. The monoisotopic (exact) mass is 342 g/mol. The van der Waals surface area contributed by atoms with Crippen molar-refractivity contribution in [3.63, 3.8) is 0 Å². The molecule has 0 atom stereocenters. The SMILES string of the molecule is COc1ccc(/C=C(\Cl)c2nc(-c3ccccc3OC)no2)cc1. The van der Waals surface area contributed by atoms with Gasteiger partial charge in [-0.05, 0) is 35.9 Å². The van der Waals surface area contributed by atoms with E-state index in [9.17, 15) is 0 Å². The molecular formula is C18H15ClN2O3. The van der Waals surface area contributed by atoms with Crippen molar-refractivity contribution in [1.29, 1.82) is 0 Å². The molecular weight excluding hydrogens is 328 g/mol. The maximum Gasteiger partial charge on any atom is 0.269 e. The lowest BCUT2D eigenvalue weighted by molar-refractivity contribution is 0.406. The number of rotatable bonds is 5. The molecule has 1 aromatic heterocycles. The van der Waals surface area contributed by atoms with Crippen molar-refractivity contribution in [3.05, 3.63) is 60.0 Å². The van der Waals surface area contributed by atoms with Crippen LogP contribution in [0.15, 0.2) is 53.1 Å². The normalized spacial score (nSPS) is 11.4. The Morgan fingerprint density at radius 1 is 1.04 bits per heavy atom. The predicted molar refractivity (Wildman–Crippen MR) is 93.0 cm³/mol. The molecule has 122 valence electrons. The summed E-state index contributed by atoms with van der Waals surface area (Å²) in [5, 5.41) is 4.33. The molecule has 0 N–H and O–H groups in total. The van der Waals surface area contributed by atoms with E-state index >= 15 is 0 Å². The van der Waals surface area contributed by atoms with Gasteiger partial charge in [0.05, 0.1) is 19.8 Å². The number of benzene rings is 2. The van der Waals surface area contributed by atoms with Crippen LogP contribution < -0.4 is 9.47 Å². The Morgan fingerprint density at radius 3 is 2.50 bits per heavy atom. The molecule has 0 aliphatic rings. The van der Waals surface area contributed by atoms with Crippen molar-refractivity contribution >= 4 is 22.7 Å². The standard InChI is InChI=1S/C18H15ClN2O3/c1-22-13-9-7-12(8-10-13)11-15(19)18-20-17(21-24-18)14-5-3-4-6-16(14)23-2/h3-11H,1-2H3/b15-11-. The van der Waals surface area contributed by atoms with Crippen LogP contribution in [0.4, 0.5) is 0 Å². The highest BCUT2D eigenvalue weighted by molar-refractivity contribution is 6.50. The highest BCUT2D eigenvalue weighted by atomic mass is 35.5. The quantitative estimate of drug-likeness (QED) is 0.683. The number of hydrogen-bond acceptors (Lipinski definition) is 5. The van der Waals surface area contributed by atoms with E-state index in [1.54, 1.807) is 20.3 Å². The van der Waals surface area contributed by atoms with Gasteiger partial charge in [-0.25, -0.2) is 0 Å². The Balaban J connectivity index is 1.87. The number of halogens is 1. The molecule has 0 amide bonds. The van der Waals surface area contributed by atoms with Crippen LogP contribution in [0.25, 0.3) is 22.5 Å². The molecule has 1 heterocycles. The minimum absolute atomic E-state index is 0.244. The lowest BCUT2D eigenvalue weighted by Gasteiger charge is -2.03. The van der Waals surface area contributed by atoms with Gasteiger partial charge in [-0.1, -0.05) is 41.0 Å². The van der Waals surface area contributed by atoms with Gasteiger partial charge in [-0.3, -0.25) is 0 Å². The van der Waals surface area contributed by atoms with E-state index in [4.69, 9.17) is 25.6 Å². The van der Waals surface area contributed by atoms with Crippen LogP contribution in [0.5, 0.6) is 11.5 Å². The fraction of sp³-hybridized carbons (Fsp3) is 0.111. The molecule has 5 nitrogen and oxygen atoms in total. The lowest BCUT2D eigenvalue weighted by Crippen LogP contribution is -1.88. The molecule has 0 unspecified atom stereocenters. The van der Waals surface area contributed by atoms with Crippen molar-refractivity contribution < 1.29 is 14.0 Å². The molecule has 6 heteroatoms. The largest absolute Gasteiger partial charge is 0.497 e. The van der Waals surface area contributed by atoms with Crippen LogP contribution in [0.2, 0.25) is 0 Å². The van der Waals surface area contributed by atoms with Crippen LogP contribution in [0.1, 0.15) is 11.5 Å². The third-order valence-electron chi connectivity index (χ3n) is 3.39. The molecule has 3 aromatic rings. The third-order valence-corrected chi connectivity index (χ3v) is 3.66. The number of para-hydroxylation sites is 1. The van der Waals surface area contributed by atoms with E-state index in [2.05, 4.69) is 10.1 Å². The Labute approximate surface area is 144 Å². The van der Waals surface area contributed by atoms with E-state index in [1.807, 2.05) is 48.5 Å². The molecule has 24 heavy (non-hydrogen) atoms. The van der Waals surface area contributed by atoms with Crippen molar-refractivity contribution in [2.24, 2.45) is 0 Å². The van der Waals surface area contributed by atoms with Gasteiger partial charge in [0.1, 0.15) is 16.5 Å². The van der Waals surface area contributed by atoms with Crippen LogP contribution in [0, 0.1) is 0 Å². The maximum atomic E-state index is 6.29. The molecule has 0 fully saturated rings. The van der Waals surface area contributed by atoms with Crippen LogP contribution in [-0.4, -0.2) is 24.4 Å². The zero-order valence-corrected chi connectivity index (χ0v) is 13.9. The van der Waals surface area contributed by atoms with E-state index in [0.29, 0.717) is 16.6 Å². The topological polar surface area (TPSA) is 57.4 Å². The molecule has 3 rings (SSSR count). The highest BCUT2D eigenvalue weighted by Gasteiger charge is 2.14. The minimum atomic E-state index is 0.244. The zero-order valence-electron chi connectivity index (χ0n) is 13.2. The number of methoxy groups -OCH3 is 2. The van der Waals surface area contributed by atoms with Crippen molar-refractivity contribution in [3.8, 4) is 22.9 Å².